The van der Waals surface area contributed by atoms with Gasteiger partial charge in [0.2, 0.25) is 5.91 Å². The molecule has 1 aromatic rings. The van der Waals surface area contributed by atoms with Crippen molar-refractivity contribution < 1.29 is 33.8 Å². The van der Waals surface area contributed by atoms with Gasteiger partial charge in [0, 0.05) is 5.69 Å². The number of hydrogen-bond donors (Lipinski definition) is 2. The molecule has 2 bridgehead atoms. The molecular weight excluding hydrogens is 378 g/mol. The molecule has 154 valence electrons. The molecule has 4 atom stereocenters. The first-order valence-electron chi connectivity index (χ1n) is 9.57. The van der Waals surface area contributed by atoms with Crippen molar-refractivity contribution in [3.63, 3.8) is 0 Å². The molecule has 1 amide bonds. The lowest BCUT2D eigenvalue weighted by Crippen LogP contribution is -2.36. The van der Waals surface area contributed by atoms with Crippen LogP contribution in [-0.2, 0) is 19.1 Å². The van der Waals surface area contributed by atoms with Crippen molar-refractivity contribution in [3.8, 4) is 0 Å². The van der Waals surface area contributed by atoms with E-state index >= 15 is 0 Å². The Balaban J connectivity index is 1.88. The van der Waals surface area contributed by atoms with E-state index < -0.39 is 35.7 Å². The zero-order valence-corrected chi connectivity index (χ0v) is 16.2. The van der Waals surface area contributed by atoms with Crippen LogP contribution in [-0.4, -0.2) is 42.1 Å². The Bertz CT molecular complexity index is 840. The molecule has 29 heavy (non-hydrogen) atoms. The van der Waals surface area contributed by atoms with Gasteiger partial charge in [-0.25, -0.2) is 9.59 Å². The summed E-state index contributed by atoms with van der Waals surface area (Å²) in [7, 11) is 0. The summed E-state index contributed by atoms with van der Waals surface area (Å²) in [5, 5.41) is 12.2. The lowest BCUT2D eigenvalue weighted by atomic mass is 9.82. The monoisotopic (exact) mass is 401 g/mol. The van der Waals surface area contributed by atoms with Crippen molar-refractivity contribution in [1.29, 1.82) is 0 Å². The van der Waals surface area contributed by atoms with Crippen LogP contribution in [0.5, 0.6) is 0 Å². The molecule has 8 heteroatoms. The summed E-state index contributed by atoms with van der Waals surface area (Å²) in [5.74, 6) is -4.53. The minimum absolute atomic E-state index is 0.0929. The Labute approximate surface area is 167 Å². The first-order chi connectivity index (χ1) is 13.8. The Morgan fingerprint density at radius 2 is 1.45 bits per heavy atom. The van der Waals surface area contributed by atoms with Gasteiger partial charge < -0.3 is 19.9 Å². The maximum atomic E-state index is 12.9. The van der Waals surface area contributed by atoms with E-state index in [-0.39, 0.29) is 41.9 Å². The summed E-state index contributed by atoms with van der Waals surface area (Å²) < 4.78 is 9.96. The summed E-state index contributed by atoms with van der Waals surface area (Å²) >= 11 is 0. The second-order valence-electron chi connectivity index (χ2n) is 7.07. The van der Waals surface area contributed by atoms with E-state index in [1.807, 2.05) is 12.2 Å². The molecule has 0 heterocycles. The van der Waals surface area contributed by atoms with Gasteiger partial charge >= 0.3 is 17.9 Å². The number of carboxylic acids is 1. The summed E-state index contributed by atoms with van der Waals surface area (Å²) in [6.45, 7) is 3.62. The molecule has 3 rings (SSSR count). The minimum Gasteiger partial charge on any atom is -0.481 e. The number of esters is 2. The number of ether oxygens (including phenoxy) is 2. The number of hydrogen-bond acceptors (Lipinski definition) is 6. The number of rotatable bonds is 7. The summed E-state index contributed by atoms with van der Waals surface area (Å²) in [6, 6.07) is 4.14. The highest BCUT2D eigenvalue weighted by atomic mass is 16.5. The average molecular weight is 401 g/mol. The second kappa shape index (κ2) is 8.46. The van der Waals surface area contributed by atoms with Gasteiger partial charge in [-0.3, -0.25) is 9.59 Å². The maximum Gasteiger partial charge on any atom is 0.338 e. The fourth-order valence-corrected chi connectivity index (χ4v) is 4.11. The second-order valence-corrected chi connectivity index (χ2v) is 7.07. The first-order valence-corrected chi connectivity index (χ1v) is 9.57. The zero-order chi connectivity index (χ0) is 21.1. The molecule has 1 fully saturated rings. The predicted octanol–water partition coefficient (Wildman–Crippen LogP) is 2.50. The number of fused-ring (bicyclic) bond motifs is 2. The van der Waals surface area contributed by atoms with E-state index in [4.69, 9.17) is 9.47 Å². The van der Waals surface area contributed by atoms with E-state index in [1.165, 1.54) is 18.2 Å². The van der Waals surface area contributed by atoms with E-state index in [2.05, 4.69) is 5.32 Å². The predicted molar refractivity (Wildman–Crippen MR) is 102 cm³/mol. The van der Waals surface area contributed by atoms with Crippen molar-refractivity contribution >= 4 is 29.5 Å². The lowest BCUT2D eigenvalue weighted by molar-refractivity contribution is -0.146. The molecule has 0 aliphatic heterocycles. The highest BCUT2D eigenvalue weighted by Crippen LogP contribution is 2.48. The normalized spacial score (nSPS) is 24.2. The van der Waals surface area contributed by atoms with Gasteiger partial charge in [0.05, 0.1) is 36.2 Å². The van der Waals surface area contributed by atoms with Gasteiger partial charge in [-0.2, -0.15) is 0 Å². The number of aliphatic carboxylic acids is 1. The van der Waals surface area contributed by atoms with Crippen LogP contribution in [0.2, 0.25) is 0 Å². The number of amides is 1. The minimum atomic E-state index is -1.01. The molecule has 0 aromatic heterocycles. The van der Waals surface area contributed by atoms with Gasteiger partial charge in [-0.05, 0) is 50.3 Å². The summed E-state index contributed by atoms with van der Waals surface area (Å²) in [4.78, 5) is 48.8. The van der Waals surface area contributed by atoms with Crippen LogP contribution in [0, 0.1) is 23.7 Å². The third-order valence-corrected chi connectivity index (χ3v) is 5.27. The van der Waals surface area contributed by atoms with E-state index in [0.717, 1.165) is 0 Å². The molecular formula is C21H23NO7. The number of benzene rings is 1. The highest BCUT2D eigenvalue weighted by molar-refractivity contribution is 6.01. The lowest BCUT2D eigenvalue weighted by Gasteiger charge is -2.24. The first kappa shape index (κ1) is 20.6. The van der Waals surface area contributed by atoms with Crippen molar-refractivity contribution in [2.45, 2.75) is 20.3 Å². The maximum absolute atomic E-state index is 12.9. The molecule has 8 nitrogen and oxygen atoms in total. The zero-order valence-electron chi connectivity index (χ0n) is 16.2. The van der Waals surface area contributed by atoms with Crippen LogP contribution < -0.4 is 5.32 Å². The number of carbonyl (C=O) groups is 4. The Morgan fingerprint density at radius 3 is 1.93 bits per heavy atom. The number of nitrogens with one attached hydrogen (secondary N) is 1. The van der Waals surface area contributed by atoms with Crippen molar-refractivity contribution in [1.82, 2.24) is 0 Å². The smallest absolute Gasteiger partial charge is 0.338 e. The van der Waals surface area contributed by atoms with Gasteiger partial charge in [-0.15, -0.1) is 0 Å². The van der Waals surface area contributed by atoms with Crippen LogP contribution >= 0.6 is 0 Å². The molecule has 2 N–H and O–H groups in total. The molecule has 1 aromatic carbocycles. The summed E-state index contributed by atoms with van der Waals surface area (Å²) in [6.07, 6.45) is 4.37. The Morgan fingerprint density at radius 1 is 0.931 bits per heavy atom. The number of anilines is 1. The van der Waals surface area contributed by atoms with Gasteiger partial charge in [0.15, 0.2) is 0 Å². The molecule has 0 saturated heterocycles. The van der Waals surface area contributed by atoms with Crippen molar-refractivity contribution in [2.75, 3.05) is 18.5 Å². The fourth-order valence-electron chi connectivity index (χ4n) is 4.11. The average Bonchev–Trinajstić information content (AvgIpc) is 3.29. The van der Waals surface area contributed by atoms with Gasteiger partial charge in [-0.1, -0.05) is 12.2 Å². The third kappa shape index (κ3) is 4.16. The SMILES string of the molecule is CCOC(=O)c1cc(NC(=O)[C@@H]2[C@@H](C(=O)O)[C@H]3C=C[C@H]2C3)cc(C(=O)OCC)c1. The Hall–Kier alpha value is -3.16. The molecule has 2 aliphatic rings. The van der Waals surface area contributed by atoms with Gasteiger partial charge in [0.25, 0.3) is 0 Å². The van der Waals surface area contributed by atoms with Crippen LogP contribution in [0.15, 0.2) is 30.4 Å². The van der Waals surface area contributed by atoms with Crippen LogP contribution in [0.3, 0.4) is 0 Å². The standard InChI is InChI=1S/C21H23NO7/c1-3-28-20(26)13-8-14(21(27)29-4-2)10-15(9-13)22-18(23)16-11-5-6-12(7-11)17(16)19(24)25/h5-6,8-12,16-17H,3-4,7H2,1-2H3,(H,22,23)(H,24,25)/t11-,12-,16-,17-/m0/s1. The molecule has 1 saturated carbocycles. The number of allylic oxidation sites excluding steroid dienone is 2. The number of carbonyl (C=O) groups excluding carboxylic acids is 3. The largest absolute Gasteiger partial charge is 0.481 e. The summed E-state index contributed by atoms with van der Waals surface area (Å²) in [5.41, 5.74) is 0.394. The molecule has 0 unspecified atom stereocenters. The molecule has 2 aliphatic carbocycles. The number of carboxylic acid groups (broad SMARTS) is 1. The van der Waals surface area contributed by atoms with E-state index in [9.17, 15) is 24.3 Å². The van der Waals surface area contributed by atoms with Gasteiger partial charge in [0.1, 0.15) is 0 Å². The topological polar surface area (TPSA) is 119 Å². The van der Waals surface area contributed by atoms with E-state index in [0.29, 0.717) is 6.42 Å². The van der Waals surface area contributed by atoms with Crippen LogP contribution in [0.1, 0.15) is 41.0 Å². The van der Waals surface area contributed by atoms with E-state index in [1.54, 1.807) is 13.8 Å². The Kier molecular flexibility index (Phi) is 6.00. The fraction of sp³-hybridized carbons (Fsp3) is 0.429. The molecule has 0 radical (unpaired) electrons. The third-order valence-electron chi connectivity index (χ3n) is 5.27. The highest BCUT2D eigenvalue weighted by Gasteiger charge is 2.51. The quantitative estimate of drug-likeness (QED) is 0.532. The van der Waals surface area contributed by atoms with Crippen LogP contribution in [0.4, 0.5) is 5.69 Å². The molecule has 0 spiro atoms. The van der Waals surface area contributed by atoms with Crippen molar-refractivity contribution in [2.24, 2.45) is 23.7 Å². The van der Waals surface area contributed by atoms with Crippen molar-refractivity contribution in [3.05, 3.63) is 41.5 Å². The van der Waals surface area contributed by atoms with Crippen LogP contribution in [0.25, 0.3) is 0 Å².